The maximum absolute atomic E-state index is 13.1. The van der Waals surface area contributed by atoms with Crippen LogP contribution in [-0.2, 0) is 18.8 Å². The Kier molecular flexibility index (Phi) is 16.0. The predicted octanol–water partition coefficient (Wildman–Crippen LogP) is 5.41. The fourth-order valence-corrected chi connectivity index (χ4v) is 5.05. The Labute approximate surface area is 350 Å². The third-order valence-electron chi connectivity index (χ3n) is 8.73. The van der Waals surface area contributed by atoms with Gasteiger partial charge in [0.15, 0.2) is 22.8 Å². The summed E-state index contributed by atoms with van der Waals surface area (Å²) in [5, 5.41) is 16.2. The van der Waals surface area contributed by atoms with Crippen molar-refractivity contribution in [2.45, 2.75) is 65.0 Å². The molecule has 61 heavy (non-hydrogen) atoms. The highest BCUT2D eigenvalue weighted by Gasteiger charge is 2.33. The zero-order chi connectivity index (χ0) is 45.1. The average Bonchev–Trinajstić information content (AvgIpc) is 3.98. The lowest BCUT2D eigenvalue weighted by Gasteiger charge is -2.25. The van der Waals surface area contributed by atoms with Crippen LogP contribution in [0, 0.1) is 13.8 Å². The molecule has 0 saturated carbocycles. The Morgan fingerprint density at radius 2 is 1.10 bits per heavy atom. The van der Waals surface area contributed by atoms with Crippen molar-refractivity contribution < 1.29 is 35.9 Å². The van der Waals surface area contributed by atoms with Crippen molar-refractivity contribution in [3.63, 3.8) is 0 Å². The van der Waals surface area contributed by atoms with Crippen molar-refractivity contribution in [3.05, 3.63) is 119 Å². The molecule has 0 spiro atoms. The van der Waals surface area contributed by atoms with Gasteiger partial charge in [0.2, 0.25) is 0 Å². The number of amides is 2. The van der Waals surface area contributed by atoms with Gasteiger partial charge in [-0.05, 0) is 64.8 Å². The van der Waals surface area contributed by atoms with E-state index in [0.29, 0.717) is 54.0 Å². The molecule has 0 saturated heterocycles. The number of halogens is 7. The summed E-state index contributed by atoms with van der Waals surface area (Å²) in [4.78, 5) is 53.6. The molecule has 0 aliphatic rings. The second kappa shape index (κ2) is 20.7. The summed E-state index contributed by atoms with van der Waals surface area (Å²) in [5.74, 6) is -0.504. The lowest BCUT2D eigenvalue weighted by atomic mass is 10.1. The largest absolute Gasteiger partial charge is 0.434 e. The third-order valence-corrected chi connectivity index (χ3v) is 8.92. The highest BCUT2D eigenvalue weighted by atomic mass is 35.5. The summed E-state index contributed by atoms with van der Waals surface area (Å²) in [6, 6.07) is 6.82. The summed E-state index contributed by atoms with van der Waals surface area (Å²) >= 11 is 5.22. The first kappa shape index (κ1) is 47.2. The first-order valence-electron chi connectivity index (χ1n) is 18.1. The van der Waals surface area contributed by atoms with E-state index in [1.54, 1.807) is 56.5 Å². The number of aryl methyl sites for hydroxylation is 3. The second-order valence-electron chi connectivity index (χ2n) is 13.2. The summed E-state index contributed by atoms with van der Waals surface area (Å²) in [5.41, 5.74) is 6.96. The second-order valence-corrected chi connectivity index (χ2v) is 13.6. The van der Waals surface area contributed by atoms with Gasteiger partial charge < -0.3 is 15.5 Å². The minimum absolute atomic E-state index is 0.0574. The Morgan fingerprint density at radius 3 is 1.48 bits per heavy atom. The van der Waals surface area contributed by atoms with Gasteiger partial charge in [-0.3, -0.25) is 14.6 Å². The lowest BCUT2D eigenvalue weighted by Crippen LogP contribution is -2.40. The van der Waals surface area contributed by atoms with Gasteiger partial charge in [-0.25, -0.2) is 24.9 Å². The van der Waals surface area contributed by atoms with Crippen LogP contribution in [0.3, 0.4) is 0 Å². The standard InChI is InChI=1S/C19H20F3N7O.C13H18N6O.C5H2ClF3N2/c1-12-4-7-15(29-25-8-9-26-29)17(27-12)18(30)28(3)13(2)5-6-14-10-24-16(11-23-14)19(20,21)22;1-9-4-5-11(19-15-6-7-16-19)12(17-9)13(20)18(3)10(2)8-14;6-4-2-10-3(1-11-4)5(7,8)9/h4,7-11,13H,5-6H2,1-3H3;4-7,10H,8,14H2,1-3H3;1-2H/t13-;10-;/m00./s1. The fourth-order valence-electron chi connectivity index (χ4n) is 4.95. The molecule has 324 valence electrons. The Balaban J connectivity index is 0.000000226. The molecule has 6 aromatic rings. The molecule has 17 nitrogen and oxygen atoms in total. The van der Waals surface area contributed by atoms with Crippen LogP contribution in [0.4, 0.5) is 26.3 Å². The van der Waals surface area contributed by atoms with E-state index in [9.17, 15) is 35.9 Å². The van der Waals surface area contributed by atoms with E-state index in [4.69, 9.17) is 17.3 Å². The van der Waals surface area contributed by atoms with Crippen molar-refractivity contribution in [1.82, 2.24) is 69.7 Å². The molecule has 2 atom stereocenters. The Morgan fingerprint density at radius 1 is 0.672 bits per heavy atom. The van der Waals surface area contributed by atoms with Crippen LogP contribution in [0.2, 0.25) is 5.15 Å². The molecule has 6 aromatic heterocycles. The molecular formula is C37H40ClF6N15O2. The van der Waals surface area contributed by atoms with Crippen LogP contribution >= 0.6 is 11.6 Å². The Bertz CT molecular complexity index is 2330. The van der Waals surface area contributed by atoms with Crippen LogP contribution in [0.5, 0.6) is 0 Å². The highest BCUT2D eigenvalue weighted by Crippen LogP contribution is 2.28. The third kappa shape index (κ3) is 13.0. The Hall–Kier alpha value is -6.49. The summed E-state index contributed by atoms with van der Waals surface area (Å²) in [6.07, 6.45) is 1.29. The molecule has 0 aliphatic heterocycles. The molecule has 0 radical (unpaired) electrons. The SMILES string of the molecule is Cc1ccc(-n2nccn2)c(C(=O)N(C)[C@@H](C)CCc2cnc(C(F)(F)F)cn2)n1.Cc1ccc(-n2nccn2)c(C(=O)N(C)[C@@H](C)CN)n1.FC(F)(F)c1cnc(Cl)cn1. The number of nitrogens with zero attached hydrogens (tertiary/aromatic N) is 14. The number of likely N-dealkylation sites (N-methyl/N-ethyl adjacent to an activating group) is 1. The minimum atomic E-state index is -4.52. The highest BCUT2D eigenvalue weighted by molar-refractivity contribution is 6.29. The average molecular weight is 876 g/mol. The van der Waals surface area contributed by atoms with Crippen molar-refractivity contribution in [2.75, 3.05) is 20.6 Å². The first-order valence-corrected chi connectivity index (χ1v) is 18.4. The first-order chi connectivity index (χ1) is 28.7. The van der Waals surface area contributed by atoms with Crippen LogP contribution < -0.4 is 5.73 Å². The van der Waals surface area contributed by atoms with E-state index in [1.165, 1.54) is 26.9 Å². The fraction of sp³-hybridized carbons (Fsp3) is 0.351. The van der Waals surface area contributed by atoms with Crippen LogP contribution in [0.25, 0.3) is 11.4 Å². The van der Waals surface area contributed by atoms with Crippen molar-refractivity contribution in [3.8, 4) is 11.4 Å². The predicted molar refractivity (Wildman–Crippen MR) is 207 cm³/mol. The summed E-state index contributed by atoms with van der Waals surface area (Å²) in [7, 11) is 3.36. The number of nitrogens with two attached hydrogens (primary N) is 1. The quantitative estimate of drug-likeness (QED) is 0.171. The molecule has 0 bridgehead atoms. The zero-order valence-electron chi connectivity index (χ0n) is 33.5. The lowest BCUT2D eigenvalue weighted by molar-refractivity contribution is -0.142. The van der Waals surface area contributed by atoms with Gasteiger partial charge in [-0.1, -0.05) is 11.6 Å². The molecule has 2 N–H and O–H groups in total. The number of aromatic nitrogens is 12. The van der Waals surface area contributed by atoms with E-state index in [0.717, 1.165) is 24.3 Å². The molecule has 6 rings (SSSR count). The van der Waals surface area contributed by atoms with Crippen molar-refractivity contribution in [1.29, 1.82) is 0 Å². The number of hydrogen-bond donors (Lipinski definition) is 1. The summed E-state index contributed by atoms with van der Waals surface area (Å²) < 4.78 is 73.1. The van der Waals surface area contributed by atoms with Gasteiger partial charge in [0.25, 0.3) is 11.8 Å². The zero-order valence-corrected chi connectivity index (χ0v) is 34.3. The minimum Gasteiger partial charge on any atom is -0.338 e. The normalized spacial score (nSPS) is 12.3. The number of hydrogen-bond acceptors (Lipinski definition) is 13. The monoisotopic (exact) mass is 875 g/mol. The molecule has 0 aromatic carbocycles. The van der Waals surface area contributed by atoms with E-state index in [-0.39, 0.29) is 34.7 Å². The molecule has 0 unspecified atom stereocenters. The number of rotatable bonds is 10. The van der Waals surface area contributed by atoms with Gasteiger partial charge >= 0.3 is 12.4 Å². The van der Waals surface area contributed by atoms with E-state index >= 15 is 0 Å². The molecule has 0 aliphatic carbocycles. The van der Waals surface area contributed by atoms with Crippen LogP contribution in [0.15, 0.2) is 73.8 Å². The van der Waals surface area contributed by atoms with Crippen molar-refractivity contribution in [2.24, 2.45) is 5.73 Å². The summed E-state index contributed by atoms with van der Waals surface area (Å²) in [6.45, 7) is 7.74. The molecule has 24 heteroatoms. The molecule has 0 fully saturated rings. The van der Waals surface area contributed by atoms with Crippen LogP contribution in [-0.4, -0.2) is 114 Å². The number of pyridine rings is 2. The molecule has 6 heterocycles. The number of carbonyl (C=O) groups excluding carboxylic acids is 2. The molecule has 2 amide bonds. The molecular weight excluding hydrogens is 836 g/mol. The van der Waals surface area contributed by atoms with E-state index in [1.807, 2.05) is 26.8 Å². The van der Waals surface area contributed by atoms with Gasteiger partial charge in [0, 0.05) is 50.3 Å². The number of carbonyl (C=O) groups is 2. The number of alkyl halides is 6. The van der Waals surface area contributed by atoms with Gasteiger partial charge in [0.05, 0.1) is 49.1 Å². The van der Waals surface area contributed by atoms with E-state index < -0.39 is 23.7 Å². The topological polar surface area (TPSA) is 205 Å². The van der Waals surface area contributed by atoms with Gasteiger partial charge in [0.1, 0.15) is 16.5 Å². The maximum Gasteiger partial charge on any atom is 0.434 e. The van der Waals surface area contributed by atoms with Gasteiger partial charge in [-0.15, -0.1) is 9.59 Å². The van der Waals surface area contributed by atoms with Crippen molar-refractivity contribution >= 4 is 23.4 Å². The van der Waals surface area contributed by atoms with E-state index in [2.05, 4.69) is 50.3 Å². The maximum atomic E-state index is 13.1. The van der Waals surface area contributed by atoms with Crippen LogP contribution in [0.1, 0.15) is 69.7 Å². The smallest absolute Gasteiger partial charge is 0.338 e. The van der Waals surface area contributed by atoms with Gasteiger partial charge in [-0.2, -0.15) is 46.7 Å².